The summed E-state index contributed by atoms with van der Waals surface area (Å²) in [6, 6.07) is 26.3. The number of aromatic nitrogens is 3. The van der Waals surface area contributed by atoms with Crippen LogP contribution in [0.2, 0.25) is 0 Å². The predicted molar refractivity (Wildman–Crippen MR) is 120 cm³/mol. The van der Waals surface area contributed by atoms with Gasteiger partial charge in [-0.05, 0) is 23.5 Å². The minimum Gasteiger partial charge on any atom is -0.305 e. The van der Waals surface area contributed by atoms with E-state index in [2.05, 4.69) is 55.6 Å². The van der Waals surface area contributed by atoms with E-state index in [0.717, 1.165) is 22.5 Å². The van der Waals surface area contributed by atoms with E-state index in [1.807, 2.05) is 65.5 Å². The third-order valence-corrected chi connectivity index (χ3v) is 4.43. The van der Waals surface area contributed by atoms with E-state index in [0.29, 0.717) is 0 Å². The van der Waals surface area contributed by atoms with Crippen LogP contribution in [0.4, 0.5) is 0 Å². The Morgan fingerprint density at radius 3 is 2.27 bits per heavy atom. The zero-order chi connectivity index (χ0) is 20.7. The monoisotopic (exact) mass is 572 g/mol. The molecule has 4 rings (SSSR count). The number of pyridine rings is 1. The summed E-state index contributed by atoms with van der Waals surface area (Å²) in [6.07, 6.45) is 7.28. The molecule has 2 aromatic heterocycles. The van der Waals surface area contributed by atoms with Crippen LogP contribution in [-0.4, -0.2) is 14.8 Å². The number of nitrogens with zero attached hydrogens (tertiary/aromatic N) is 3. The molecule has 0 spiro atoms. The molecule has 0 amide bonds. The molecule has 4 heteroatoms. The first-order valence-electron chi connectivity index (χ1n) is 9.55. The van der Waals surface area contributed by atoms with Crippen molar-refractivity contribution in [2.45, 2.75) is 26.2 Å². The molecule has 0 aliphatic rings. The van der Waals surface area contributed by atoms with Crippen LogP contribution in [-0.2, 0) is 25.5 Å². The Bertz CT molecular complexity index is 1010. The van der Waals surface area contributed by atoms with E-state index >= 15 is 0 Å². The summed E-state index contributed by atoms with van der Waals surface area (Å²) in [5.74, 6) is 0. The van der Waals surface area contributed by atoms with Gasteiger partial charge in [-0.1, -0.05) is 38.3 Å². The van der Waals surface area contributed by atoms with Gasteiger partial charge in [0.25, 0.3) is 0 Å². The number of hydrogen-bond acceptors (Lipinski definition) is 2. The molecule has 0 atom stereocenters. The van der Waals surface area contributed by atoms with Crippen LogP contribution >= 0.6 is 0 Å². The summed E-state index contributed by atoms with van der Waals surface area (Å²) in [7, 11) is 0. The van der Waals surface area contributed by atoms with E-state index in [-0.39, 0.29) is 25.5 Å². The minimum absolute atomic E-state index is 0. The van der Waals surface area contributed by atoms with Crippen LogP contribution in [0.15, 0.2) is 85.8 Å². The third kappa shape index (κ3) is 6.35. The summed E-state index contributed by atoms with van der Waals surface area (Å²) in [5.41, 5.74) is 5.48. The third-order valence-electron chi connectivity index (χ3n) is 4.43. The van der Waals surface area contributed by atoms with Crippen LogP contribution in [0.25, 0.3) is 23.0 Å². The molecule has 3 nitrogen and oxygen atoms in total. The Hall–Kier alpha value is -2.81. The smallest absolute Gasteiger partial charge is 0.0493 e. The number of benzene rings is 2. The molecule has 0 aliphatic carbocycles. The first-order valence-corrected chi connectivity index (χ1v) is 9.55. The predicted octanol–water partition coefficient (Wildman–Crippen LogP) is 6.16. The normalized spacial score (nSPS) is 10.4. The van der Waals surface area contributed by atoms with E-state index < -0.39 is 0 Å². The maximum Gasteiger partial charge on any atom is 0.0493 e. The second kappa shape index (κ2) is 10.8. The molecule has 30 heavy (non-hydrogen) atoms. The Kier molecular flexibility index (Phi) is 8.46. The summed E-state index contributed by atoms with van der Waals surface area (Å²) < 4.78 is 1.81. The van der Waals surface area contributed by atoms with Crippen LogP contribution < -0.4 is 0 Å². The topological polar surface area (TPSA) is 30.7 Å². The summed E-state index contributed by atoms with van der Waals surface area (Å²) in [4.78, 5) is 4.25. The Labute approximate surface area is 192 Å². The van der Waals surface area contributed by atoms with Gasteiger partial charge < -0.3 is 4.98 Å². The molecule has 0 saturated heterocycles. The van der Waals surface area contributed by atoms with Gasteiger partial charge in [0, 0.05) is 38.7 Å². The van der Waals surface area contributed by atoms with Crippen LogP contribution in [0.5, 0.6) is 0 Å². The fourth-order valence-corrected chi connectivity index (χ4v) is 2.68. The average Bonchev–Trinajstić information content (AvgIpc) is 3.29. The average molecular weight is 572 g/mol. The number of rotatable bonds is 3. The van der Waals surface area contributed by atoms with Crippen molar-refractivity contribution in [2.24, 2.45) is 0 Å². The molecular weight excluding hydrogens is 547 g/mol. The largest absolute Gasteiger partial charge is 0.305 e. The van der Waals surface area contributed by atoms with Gasteiger partial charge in [0.1, 0.15) is 0 Å². The molecule has 2 heterocycles. The van der Waals surface area contributed by atoms with Crippen molar-refractivity contribution in [2.75, 3.05) is 0 Å². The molecule has 155 valence electrons. The van der Waals surface area contributed by atoms with Crippen molar-refractivity contribution in [1.82, 2.24) is 14.8 Å². The van der Waals surface area contributed by atoms with Gasteiger partial charge in [-0.3, -0.25) is 4.68 Å². The van der Waals surface area contributed by atoms with Crippen molar-refractivity contribution < 1.29 is 20.1 Å². The number of hydrogen-bond donors (Lipinski definition) is 0. The second-order valence-corrected chi connectivity index (χ2v) is 7.62. The van der Waals surface area contributed by atoms with Crippen LogP contribution in [0.3, 0.4) is 0 Å². The van der Waals surface area contributed by atoms with Gasteiger partial charge in [-0.25, -0.2) is 0 Å². The fraction of sp³-hybridized carbons (Fsp3) is 0.154. The van der Waals surface area contributed by atoms with Crippen molar-refractivity contribution in [3.8, 4) is 16.9 Å². The standard InChI is InChI=1S/C13H15N2.C13H10N.Ir/c1-13(2,3)11-5-7-12(8-6-11)15-10-4-9-14-15;1-2-11-6-8-12(9-7-11)13-5-3-4-10-14-13;/h4-7,9-10H,1-3H3;2-8,10H,1H2;/q2*-1;. The van der Waals surface area contributed by atoms with Gasteiger partial charge in [0.15, 0.2) is 0 Å². The van der Waals surface area contributed by atoms with Gasteiger partial charge in [0.2, 0.25) is 0 Å². The quantitative estimate of drug-likeness (QED) is 0.276. The fourth-order valence-electron chi connectivity index (χ4n) is 2.68. The van der Waals surface area contributed by atoms with Gasteiger partial charge in [0.05, 0.1) is 0 Å². The van der Waals surface area contributed by atoms with Gasteiger partial charge >= 0.3 is 0 Å². The second-order valence-electron chi connectivity index (χ2n) is 7.62. The summed E-state index contributed by atoms with van der Waals surface area (Å²) in [6.45, 7) is 10.3. The first-order chi connectivity index (χ1) is 14.0. The van der Waals surface area contributed by atoms with Crippen molar-refractivity contribution in [3.63, 3.8) is 0 Å². The van der Waals surface area contributed by atoms with Gasteiger partial charge in [-0.2, -0.15) is 28.9 Å². The molecule has 0 unspecified atom stereocenters. The minimum atomic E-state index is 0. The van der Waals surface area contributed by atoms with E-state index in [1.165, 1.54) is 5.56 Å². The maximum absolute atomic E-state index is 4.25. The molecule has 0 aliphatic heterocycles. The van der Waals surface area contributed by atoms with Crippen LogP contribution in [0.1, 0.15) is 31.9 Å². The van der Waals surface area contributed by atoms with Crippen molar-refractivity contribution in [3.05, 3.63) is 109 Å². The van der Waals surface area contributed by atoms with E-state index in [1.54, 1.807) is 18.5 Å². The van der Waals surface area contributed by atoms with Crippen molar-refractivity contribution >= 4 is 6.08 Å². The molecule has 0 N–H and O–H groups in total. The summed E-state index contributed by atoms with van der Waals surface area (Å²) >= 11 is 0. The van der Waals surface area contributed by atoms with E-state index in [4.69, 9.17) is 0 Å². The zero-order valence-electron chi connectivity index (χ0n) is 17.5. The molecule has 0 bridgehead atoms. The molecular formula is C26H25IrN3-2. The summed E-state index contributed by atoms with van der Waals surface area (Å²) in [5, 5.41) is 4.16. The van der Waals surface area contributed by atoms with Crippen molar-refractivity contribution in [1.29, 1.82) is 0 Å². The van der Waals surface area contributed by atoms with E-state index in [9.17, 15) is 0 Å². The maximum atomic E-state index is 4.25. The molecule has 4 aromatic rings. The van der Waals surface area contributed by atoms with Gasteiger partial charge in [-0.15, -0.1) is 54.1 Å². The molecule has 0 fully saturated rings. The first kappa shape index (κ1) is 23.5. The Morgan fingerprint density at radius 2 is 1.77 bits per heavy atom. The SMILES string of the molecule is C=Cc1c[c-]c(-c2ccccn2)cc1.CC(C)(C)c1c[c-]c(-n2cccn2)cc1.[Ir]. The van der Waals surface area contributed by atoms with Crippen LogP contribution in [0, 0.1) is 12.1 Å². The molecule has 1 radical (unpaired) electrons. The molecule has 2 aromatic carbocycles. The molecule has 0 saturated carbocycles. The zero-order valence-corrected chi connectivity index (χ0v) is 19.9. The Balaban J connectivity index is 0.000000207. The Morgan fingerprint density at radius 1 is 0.933 bits per heavy atom.